The van der Waals surface area contributed by atoms with Crippen LogP contribution in [0.1, 0.15) is 31.9 Å². The standard InChI is InChI=1S/C8H17N5/c1-3-5(2)7(12-10)6-4-11-13-8(6)9/h4-5,7,12H,3,10H2,1-2H3,(H3,9,11,13). The number of H-pyrrole nitrogens is 1. The molecule has 1 rings (SSSR count). The van der Waals surface area contributed by atoms with Gasteiger partial charge in [0.15, 0.2) is 0 Å². The summed E-state index contributed by atoms with van der Waals surface area (Å²) in [6, 6.07) is 0.0729. The maximum Gasteiger partial charge on any atom is 0.123 e. The Morgan fingerprint density at radius 1 is 1.69 bits per heavy atom. The molecule has 1 aromatic heterocycles. The molecule has 0 aliphatic rings. The fourth-order valence-corrected chi connectivity index (χ4v) is 1.35. The summed E-state index contributed by atoms with van der Waals surface area (Å²) in [5, 5.41) is 6.56. The quantitative estimate of drug-likeness (QED) is 0.405. The van der Waals surface area contributed by atoms with Crippen molar-refractivity contribution in [3.63, 3.8) is 0 Å². The van der Waals surface area contributed by atoms with Crippen LogP contribution in [0.3, 0.4) is 0 Å². The summed E-state index contributed by atoms with van der Waals surface area (Å²) in [5.74, 6) is 6.48. The van der Waals surface area contributed by atoms with Crippen LogP contribution >= 0.6 is 0 Å². The van der Waals surface area contributed by atoms with Crippen molar-refractivity contribution in [3.8, 4) is 0 Å². The lowest BCUT2D eigenvalue weighted by molar-refractivity contribution is 0.384. The first kappa shape index (κ1) is 10.0. The van der Waals surface area contributed by atoms with Crippen LogP contribution in [0.2, 0.25) is 0 Å². The first-order chi connectivity index (χ1) is 6.20. The SMILES string of the molecule is CCC(C)C(NN)c1cn[nH]c1N. The highest BCUT2D eigenvalue weighted by molar-refractivity contribution is 5.39. The third-order valence-corrected chi connectivity index (χ3v) is 2.43. The zero-order valence-electron chi connectivity index (χ0n) is 8.04. The minimum atomic E-state index is 0.0729. The number of aromatic nitrogens is 2. The van der Waals surface area contributed by atoms with Crippen LogP contribution in [0.5, 0.6) is 0 Å². The Labute approximate surface area is 77.9 Å². The molecule has 0 fully saturated rings. The molecule has 1 aromatic rings. The number of anilines is 1. The van der Waals surface area contributed by atoms with Gasteiger partial charge in [-0.15, -0.1) is 0 Å². The third-order valence-electron chi connectivity index (χ3n) is 2.43. The number of nitrogens with one attached hydrogen (secondary N) is 2. The van der Waals surface area contributed by atoms with Gasteiger partial charge >= 0.3 is 0 Å². The highest BCUT2D eigenvalue weighted by Gasteiger charge is 2.19. The fraction of sp³-hybridized carbons (Fsp3) is 0.625. The van der Waals surface area contributed by atoms with Crippen molar-refractivity contribution in [2.45, 2.75) is 26.3 Å². The Morgan fingerprint density at radius 3 is 2.77 bits per heavy atom. The van der Waals surface area contributed by atoms with Gasteiger partial charge in [-0.05, 0) is 5.92 Å². The van der Waals surface area contributed by atoms with Gasteiger partial charge in [0.2, 0.25) is 0 Å². The first-order valence-electron chi connectivity index (χ1n) is 4.45. The van der Waals surface area contributed by atoms with Gasteiger partial charge in [0.1, 0.15) is 5.82 Å². The summed E-state index contributed by atoms with van der Waals surface area (Å²) in [5.41, 5.74) is 9.39. The van der Waals surface area contributed by atoms with Crippen LogP contribution in [0.25, 0.3) is 0 Å². The molecular formula is C8H17N5. The van der Waals surface area contributed by atoms with Gasteiger partial charge < -0.3 is 5.73 Å². The molecule has 1 heterocycles. The average Bonchev–Trinajstić information content (AvgIpc) is 2.53. The van der Waals surface area contributed by atoms with Gasteiger partial charge in [-0.25, -0.2) is 0 Å². The highest BCUT2D eigenvalue weighted by Crippen LogP contribution is 2.26. The Balaban J connectivity index is 2.84. The molecule has 2 unspecified atom stereocenters. The average molecular weight is 183 g/mol. The molecule has 0 saturated carbocycles. The van der Waals surface area contributed by atoms with Crippen molar-refractivity contribution >= 4 is 5.82 Å². The molecule has 0 radical (unpaired) electrons. The first-order valence-corrected chi connectivity index (χ1v) is 4.45. The summed E-state index contributed by atoms with van der Waals surface area (Å²) < 4.78 is 0. The lowest BCUT2D eigenvalue weighted by atomic mass is 9.95. The van der Waals surface area contributed by atoms with E-state index in [-0.39, 0.29) is 6.04 Å². The van der Waals surface area contributed by atoms with E-state index in [4.69, 9.17) is 11.6 Å². The van der Waals surface area contributed by atoms with Gasteiger partial charge in [-0.2, -0.15) is 5.10 Å². The molecule has 0 saturated heterocycles. The number of nitrogens with two attached hydrogens (primary N) is 2. The van der Waals surface area contributed by atoms with Crippen LogP contribution in [0, 0.1) is 5.92 Å². The van der Waals surface area contributed by atoms with Crippen molar-refractivity contribution in [3.05, 3.63) is 11.8 Å². The second-order valence-corrected chi connectivity index (χ2v) is 3.27. The normalized spacial score (nSPS) is 15.6. The van der Waals surface area contributed by atoms with E-state index in [1.165, 1.54) is 0 Å². The molecule has 0 amide bonds. The largest absolute Gasteiger partial charge is 0.384 e. The number of nitrogen functional groups attached to an aromatic ring is 1. The van der Waals surface area contributed by atoms with Crippen LogP contribution < -0.4 is 17.0 Å². The van der Waals surface area contributed by atoms with E-state index in [0.717, 1.165) is 12.0 Å². The molecule has 13 heavy (non-hydrogen) atoms. The van der Waals surface area contributed by atoms with E-state index in [0.29, 0.717) is 11.7 Å². The zero-order valence-corrected chi connectivity index (χ0v) is 8.04. The summed E-state index contributed by atoms with van der Waals surface area (Å²) in [4.78, 5) is 0. The number of aromatic amines is 1. The minimum Gasteiger partial charge on any atom is -0.384 e. The predicted molar refractivity (Wildman–Crippen MR) is 52.5 cm³/mol. The molecule has 2 atom stereocenters. The second kappa shape index (κ2) is 4.25. The molecule has 0 bridgehead atoms. The Hall–Kier alpha value is -1.07. The maximum atomic E-state index is 5.70. The van der Waals surface area contributed by atoms with E-state index in [9.17, 15) is 0 Å². The lowest BCUT2D eigenvalue weighted by Crippen LogP contribution is -2.32. The van der Waals surface area contributed by atoms with Gasteiger partial charge in [-0.1, -0.05) is 20.3 Å². The topological polar surface area (TPSA) is 92.7 Å². The van der Waals surface area contributed by atoms with Crippen molar-refractivity contribution in [1.82, 2.24) is 15.6 Å². The summed E-state index contributed by atoms with van der Waals surface area (Å²) in [7, 11) is 0. The number of hydrogen-bond acceptors (Lipinski definition) is 4. The van der Waals surface area contributed by atoms with Crippen molar-refractivity contribution in [2.75, 3.05) is 5.73 Å². The monoisotopic (exact) mass is 183 g/mol. The predicted octanol–water partition coefficient (Wildman–Crippen LogP) is 0.542. The Bertz CT molecular complexity index is 257. The summed E-state index contributed by atoms with van der Waals surface area (Å²) in [6.07, 6.45) is 2.76. The third kappa shape index (κ3) is 1.99. The van der Waals surface area contributed by atoms with Crippen molar-refractivity contribution in [1.29, 1.82) is 0 Å². The van der Waals surface area contributed by atoms with Crippen molar-refractivity contribution in [2.24, 2.45) is 11.8 Å². The second-order valence-electron chi connectivity index (χ2n) is 3.27. The van der Waals surface area contributed by atoms with Crippen LogP contribution in [-0.2, 0) is 0 Å². The number of hydrogen-bond donors (Lipinski definition) is 4. The number of hydrazine groups is 1. The number of nitrogens with zero attached hydrogens (tertiary/aromatic N) is 1. The molecule has 5 nitrogen and oxygen atoms in total. The van der Waals surface area contributed by atoms with E-state index in [2.05, 4.69) is 29.5 Å². The van der Waals surface area contributed by atoms with Gasteiger partial charge in [0.05, 0.1) is 12.2 Å². The fourth-order valence-electron chi connectivity index (χ4n) is 1.35. The van der Waals surface area contributed by atoms with E-state index in [1.54, 1.807) is 6.20 Å². The molecule has 74 valence electrons. The van der Waals surface area contributed by atoms with Crippen LogP contribution in [0.15, 0.2) is 6.20 Å². The highest BCUT2D eigenvalue weighted by atomic mass is 15.2. The van der Waals surface area contributed by atoms with Crippen LogP contribution in [0.4, 0.5) is 5.82 Å². The van der Waals surface area contributed by atoms with E-state index in [1.807, 2.05) is 0 Å². The smallest absolute Gasteiger partial charge is 0.123 e. The molecule has 5 heteroatoms. The molecule has 0 spiro atoms. The Kier molecular flexibility index (Phi) is 3.27. The van der Waals surface area contributed by atoms with Crippen molar-refractivity contribution < 1.29 is 0 Å². The van der Waals surface area contributed by atoms with E-state index < -0.39 is 0 Å². The summed E-state index contributed by atoms with van der Waals surface area (Å²) in [6.45, 7) is 4.24. The Morgan fingerprint density at radius 2 is 2.38 bits per heavy atom. The van der Waals surface area contributed by atoms with Gasteiger partial charge in [0, 0.05) is 5.56 Å². The van der Waals surface area contributed by atoms with Crippen LogP contribution in [-0.4, -0.2) is 10.2 Å². The zero-order chi connectivity index (χ0) is 9.84. The number of rotatable bonds is 4. The maximum absolute atomic E-state index is 5.70. The molecular weight excluding hydrogens is 166 g/mol. The molecule has 0 aromatic carbocycles. The minimum absolute atomic E-state index is 0.0729. The van der Waals surface area contributed by atoms with Gasteiger partial charge in [-0.3, -0.25) is 16.4 Å². The summed E-state index contributed by atoms with van der Waals surface area (Å²) >= 11 is 0. The molecule has 0 aliphatic carbocycles. The lowest BCUT2D eigenvalue weighted by Gasteiger charge is -2.21. The van der Waals surface area contributed by atoms with Gasteiger partial charge in [0.25, 0.3) is 0 Å². The van der Waals surface area contributed by atoms with E-state index >= 15 is 0 Å². The molecule has 0 aliphatic heterocycles. The molecule has 6 N–H and O–H groups in total.